The number of rotatable bonds is 3. The number of nitrogens with two attached hydrogens (primary N) is 1. The number of likely N-dealkylation sites (tertiary alicyclic amines) is 1. The molecule has 4 atom stereocenters. The molecule has 2 fully saturated rings. The summed E-state index contributed by atoms with van der Waals surface area (Å²) in [4.78, 5) is 14.6. The minimum Gasteiger partial charge on any atom is -0.338 e. The molecule has 0 aromatic rings. The molecule has 98 valence electrons. The van der Waals surface area contributed by atoms with Crippen molar-refractivity contribution >= 4 is 5.91 Å². The first-order chi connectivity index (χ1) is 8.15. The van der Waals surface area contributed by atoms with E-state index < -0.39 is 0 Å². The minimum absolute atomic E-state index is 0.205. The molecular weight excluding hydrogens is 212 g/mol. The summed E-state index contributed by atoms with van der Waals surface area (Å²) < 4.78 is 0. The summed E-state index contributed by atoms with van der Waals surface area (Å²) in [5.74, 6) is 1.26. The molecule has 0 bridgehead atoms. The molecule has 2 aliphatic rings. The predicted octanol–water partition coefficient (Wildman–Crippen LogP) is 2.15. The second-order valence-electron chi connectivity index (χ2n) is 5.84. The summed E-state index contributed by atoms with van der Waals surface area (Å²) in [5, 5.41) is 0. The number of amides is 1. The van der Waals surface area contributed by atoms with E-state index in [0.29, 0.717) is 12.0 Å². The average Bonchev–Trinajstić information content (AvgIpc) is 2.83. The Balaban J connectivity index is 2.02. The highest BCUT2D eigenvalue weighted by Crippen LogP contribution is 2.37. The summed E-state index contributed by atoms with van der Waals surface area (Å²) in [6, 6.07) is 0.214. The SMILES string of the molecule is CC[C@H](C)[C@H](N)C(=O)N1CCCC2CCCC21. The average molecular weight is 238 g/mol. The molecule has 3 nitrogen and oxygen atoms in total. The van der Waals surface area contributed by atoms with Crippen molar-refractivity contribution in [2.75, 3.05) is 6.54 Å². The van der Waals surface area contributed by atoms with Gasteiger partial charge in [-0.15, -0.1) is 0 Å². The van der Waals surface area contributed by atoms with Crippen molar-refractivity contribution in [3.63, 3.8) is 0 Å². The smallest absolute Gasteiger partial charge is 0.240 e. The van der Waals surface area contributed by atoms with E-state index in [1.807, 2.05) is 0 Å². The van der Waals surface area contributed by atoms with Gasteiger partial charge < -0.3 is 10.6 Å². The van der Waals surface area contributed by atoms with Crippen molar-refractivity contribution in [2.24, 2.45) is 17.6 Å². The third-order valence-electron chi connectivity index (χ3n) is 4.82. The first-order valence-corrected chi connectivity index (χ1v) is 7.21. The molecule has 0 aromatic heterocycles. The summed E-state index contributed by atoms with van der Waals surface area (Å²) >= 11 is 0. The van der Waals surface area contributed by atoms with Gasteiger partial charge in [0.05, 0.1) is 6.04 Å². The van der Waals surface area contributed by atoms with E-state index in [-0.39, 0.29) is 11.9 Å². The van der Waals surface area contributed by atoms with Crippen LogP contribution in [0.1, 0.15) is 52.4 Å². The molecule has 0 radical (unpaired) electrons. The van der Waals surface area contributed by atoms with Gasteiger partial charge >= 0.3 is 0 Å². The predicted molar refractivity (Wildman–Crippen MR) is 69.5 cm³/mol. The molecule has 1 aliphatic carbocycles. The highest BCUT2D eigenvalue weighted by atomic mass is 16.2. The van der Waals surface area contributed by atoms with Crippen molar-refractivity contribution < 1.29 is 4.79 Å². The van der Waals surface area contributed by atoms with E-state index >= 15 is 0 Å². The highest BCUT2D eigenvalue weighted by Gasteiger charge is 2.39. The summed E-state index contributed by atoms with van der Waals surface area (Å²) in [6.07, 6.45) is 7.26. The third-order valence-corrected chi connectivity index (χ3v) is 4.82. The molecule has 17 heavy (non-hydrogen) atoms. The standard InChI is InChI=1S/C14H26N2O/c1-3-10(2)13(15)14(17)16-9-5-7-11-6-4-8-12(11)16/h10-13H,3-9,15H2,1-2H3/t10-,11?,12?,13-/m0/s1. The van der Waals surface area contributed by atoms with Gasteiger partial charge in [-0.3, -0.25) is 4.79 Å². The van der Waals surface area contributed by atoms with Gasteiger partial charge in [-0.25, -0.2) is 0 Å². The molecule has 1 saturated heterocycles. The first kappa shape index (κ1) is 12.9. The number of hydrogen-bond donors (Lipinski definition) is 1. The van der Waals surface area contributed by atoms with E-state index in [4.69, 9.17) is 5.73 Å². The van der Waals surface area contributed by atoms with Gasteiger partial charge in [0.15, 0.2) is 0 Å². The van der Waals surface area contributed by atoms with Crippen LogP contribution in [0.4, 0.5) is 0 Å². The Labute approximate surface area is 105 Å². The monoisotopic (exact) mass is 238 g/mol. The Morgan fingerprint density at radius 3 is 2.76 bits per heavy atom. The fraction of sp³-hybridized carbons (Fsp3) is 0.929. The molecule has 0 aromatic carbocycles. The Kier molecular flexibility index (Phi) is 4.08. The van der Waals surface area contributed by atoms with Gasteiger partial charge in [0.2, 0.25) is 5.91 Å². The van der Waals surface area contributed by atoms with E-state index in [9.17, 15) is 4.79 Å². The van der Waals surface area contributed by atoms with E-state index in [0.717, 1.165) is 18.9 Å². The number of nitrogens with zero attached hydrogens (tertiary/aromatic N) is 1. The normalized spacial score (nSPS) is 32.1. The Hall–Kier alpha value is -0.570. The maximum absolute atomic E-state index is 12.4. The molecule has 2 unspecified atom stereocenters. The van der Waals surface area contributed by atoms with Gasteiger partial charge in [-0.1, -0.05) is 26.7 Å². The lowest BCUT2D eigenvalue weighted by atomic mass is 9.90. The minimum atomic E-state index is -0.292. The molecule has 2 N–H and O–H groups in total. The molecule has 3 heteroatoms. The molecular formula is C14H26N2O. The number of carbonyl (C=O) groups excluding carboxylic acids is 1. The molecule has 1 amide bonds. The van der Waals surface area contributed by atoms with Crippen LogP contribution in [-0.2, 0) is 4.79 Å². The molecule has 0 spiro atoms. The van der Waals surface area contributed by atoms with Crippen LogP contribution in [-0.4, -0.2) is 29.4 Å². The van der Waals surface area contributed by atoms with Crippen molar-refractivity contribution in [1.82, 2.24) is 4.90 Å². The highest BCUT2D eigenvalue weighted by molar-refractivity contribution is 5.82. The molecule has 1 heterocycles. The van der Waals surface area contributed by atoms with Crippen LogP contribution in [0.5, 0.6) is 0 Å². The van der Waals surface area contributed by atoms with Gasteiger partial charge in [0.25, 0.3) is 0 Å². The van der Waals surface area contributed by atoms with Gasteiger partial charge in [-0.2, -0.15) is 0 Å². The summed E-state index contributed by atoms with van der Waals surface area (Å²) in [6.45, 7) is 5.12. The Morgan fingerprint density at radius 2 is 2.06 bits per heavy atom. The molecule has 1 saturated carbocycles. The number of hydrogen-bond acceptors (Lipinski definition) is 2. The fourth-order valence-corrected chi connectivity index (χ4v) is 3.42. The van der Waals surface area contributed by atoms with Crippen LogP contribution in [0, 0.1) is 11.8 Å². The van der Waals surface area contributed by atoms with E-state index in [1.54, 1.807) is 0 Å². The second kappa shape index (κ2) is 5.38. The van der Waals surface area contributed by atoms with Crippen LogP contribution in [0.15, 0.2) is 0 Å². The zero-order chi connectivity index (χ0) is 12.4. The lowest BCUT2D eigenvalue weighted by Gasteiger charge is -2.39. The zero-order valence-corrected chi connectivity index (χ0v) is 11.2. The Morgan fingerprint density at radius 1 is 1.35 bits per heavy atom. The first-order valence-electron chi connectivity index (χ1n) is 7.21. The summed E-state index contributed by atoms with van der Waals surface area (Å²) in [5.41, 5.74) is 6.09. The number of piperidine rings is 1. The fourth-order valence-electron chi connectivity index (χ4n) is 3.42. The van der Waals surface area contributed by atoms with Gasteiger partial charge in [0.1, 0.15) is 0 Å². The maximum atomic E-state index is 12.4. The van der Waals surface area contributed by atoms with E-state index in [2.05, 4.69) is 18.7 Å². The lowest BCUT2D eigenvalue weighted by molar-refractivity contribution is -0.138. The van der Waals surface area contributed by atoms with Crippen LogP contribution in [0.25, 0.3) is 0 Å². The van der Waals surface area contributed by atoms with E-state index in [1.165, 1.54) is 32.1 Å². The van der Waals surface area contributed by atoms with Gasteiger partial charge in [-0.05, 0) is 37.5 Å². The van der Waals surface area contributed by atoms with Crippen molar-refractivity contribution in [3.8, 4) is 0 Å². The maximum Gasteiger partial charge on any atom is 0.240 e. The van der Waals surface area contributed by atoms with Crippen LogP contribution < -0.4 is 5.73 Å². The van der Waals surface area contributed by atoms with Crippen LogP contribution >= 0.6 is 0 Å². The number of carbonyl (C=O) groups is 1. The number of fused-ring (bicyclic) bond motifs is 1. The van der Waals surface area contributed by atoms with Crippen molar-refractivity contribution in [1.29, 1.82) is 0 Å². The lowest BCUT2D eigenvalue weighted by Crippen LogP contribution is -2.54. The third kappa shape index (κ3) is 2.49. The largest absolute Gasteiger partial charge is 0.338 e. The van der Waals surface area contributed by atoms with Crippen LogP contribution in [0.2, 0.25) is 0 Å². The molecule has 2 rings (SSSR count). The second-order valence-corrected chi connectivity index (χ2v) is 5.84. The summed E-state index contributed by atoms with van der Waals surface area (Å²) in [7, 11) is 0. The van der Waals surface area contributed by atoms with Crippen molar-refractivity contribution in [2.45, 2.75) is 64.5 Å². The zero-order valence-electron chi connectivity index (χ0n) is 11.2. The van der Waals surface area contributed by atoms with Crippen LogP contribution in [0.3, 0.4) is 0 Å². The Bertz CT molecular complexity index is 279. The topological polar surface area (TPSA) is 46.3 Å². The quantitative estimate of drug-likeness (QED) is 0.819. The molecule has 1 aliphatic heterocycles. The van der Waals surface area contributed by atoms with Gasteiger partial charge in [0, 0.05) is 12.6 Å². The van der Waals surface area contributed by atoms with Crippen molar-refractivity contribution in [3.05, 3.63) is 0 Å².